The molecule has 134 valence electrons. The Morgan fingerprint density at radius 3 is 2.71 bits per heavy atom. The van der Waals surface area contributed by atoms with Gasteiger partial charge in [0.15, 0.2) is 0 Å². The van der Waals surface area contributed by atoms with Gasteiger partial charge in [-0.1, -0.05) is 19.9 Å². The zero-order valence-corrected chi connectivity index (χ0v) is 16.0. The van der Waals surface area contributed by atoms with E-state index in [4.69, 9.17) is 4.74 Å². The molecule has 5 nitrogen and oxygen atoms in total. The summed E-state index contributed by atoms with van der Waals surface area (Å²) < 4.78 is 5.24. The zero-order valence-electron chi connectivity index (χ0n) is 14.3. The SMILES string of the molecule is CC(C)CC(NC(=O)CSCC(=O)N1CCOCC1)c1cccs1. The van der Waals surface area contributed by atoms with Crippen LogP contribution in [-0.2, 0) is 14.3 Å². The maximum absolute atomic E-state index is 12.2. The molecule has 0 radical (unpaired) electrons. The van der Waals surface area contributed by atoms with Crippen LogP contribution in [0, 0.1) is 5.92 Å². The van der Waals surface area contributed by atoms with Crippen LogP contribution in [0.1, 0.15) is 31.2 Å². The largest absolute Gasteiger partial charge is 0.378 e. The van der Waals surface area contributed by atoms with E-state index in [9.17, 15) is 9.59 Å². The molecular formula is C17H26N2O3S2. The summed E-state index contributed by atoms with van der Waals surface area (Å²) in [7, 11) is 0. The van der Waals surface area contributed by atoms with E-state index in [-0.39, 0.29) is 17.9 Å². The first kappa shape index (κ1) is 19.3. The van der Waals surface area contributed by atoms with Crippen molar-refractivity contribution in [3.63, 3.8) is 0 Å². The molecule has 0 spiro atoms. The van der Waals surface area contributed by atoms with Crippen molar-refractivity contribution in [2.24, 2.45) is 5.92 Å². The third-order valence-corrected chi connectivity index (χ3v) is 5.65. The minimum atomic E-state index is -0.00572. The lowest BCUT2D eigenvalue weighted by Gasteiger charge is -2.26. The van der Waals surface area contributed by atoms with Gasteiger partial charge in [0.2, 0.25) is 11.8 Å². The zero-order chi connectivity index (χ0) is 17.4. The van der Waals surface area contributed by atoms with Crippen molar-refractivity contribution in [2.45, 2.75) is 26.3 Å². The van der Waals surface area contributed by atoms with Crippen molar-refractivity contribution < 1.29 is 14.3 Å². The Balaban J connectivity index is 1.73. The summed E-state index contributed by atoms with van der Waals surface area (Å²) in [5.74, 6) is 1.26. The molecular weight excluding hydrogens is 344 g/mol. The van der Waals surface area contributed by atoms with E-state index >= 15 is 0 Å². The van der Waals surface area contributed by atoms with Crippen LogP contribution < -0.4 is 5.32 Å². The minimum Gasteiger partial charge on any atom is -0.378 e. The number of nitrogens with zero attached hydrogens (tertiary/aromatic N) is 1. The number of morpholine rings is 1. The van der Waals surface area contributed by atoms with Gasteiger partial charge in [-0.3, -0.25) is 9.59 Å². The average Bonchev–Trinajstić information content (AvgIpc) is 3.09. The summed E-state index contributed by atoms with van der Waals surface area (Å²) >= 11 is 3.05. The van der Waals surface area contributed by atoms with Crippen molar-refractivity contribution in [1.29, 1.82) is 0 Å². The monoisotopic (exact) mass is 370 g/mol. The fraction of sp³-hybridized carbons (Fsp3) is 0.647. The molecule has 1 aliphatic heterocycles. The summed E-state index contributed by atoms with van der Waals surface area (Å²) in [6.45, 7) is 6.83. The van der Waals surface area contributed by atoms with Crippen LogP contribution in [0.2, 0.25) is 0 Å². The highest BCUT2D eigenvalue weighted by Crippen LogP contribution is 2.25. The standard InChI is InChI=1S/C17H26N2O3S2/c1-13(2)10-14(15-4-3-9-24-15)18-16(20)11-23-12-17(21)19-5-7-22-8-6-19/h3-4,9,13-14H,5-8,10-12H2,1-2H3,(H,18,20). The lowest BCUT2D eigenvalue weighted by molar-refractivity contribution is -0.132. The number of hydrogen-bond donors (Lipinski definition) is 1. The summed E-state index contributed by atoms with van der Waals surface area (Å²) in [6, 6.07) is 4.13. The van der Waals surface area contributed by atoms with E-state index in [2.05, 4.69) is 25.2 Å². The number of nitrogens with one attached hydrogen (secondary N) is 1. The smallest absolute Gasteiger partial charge is 0.232 e. The fourth-order valence-electron chi connectivity index (χ4n) is 2.58. The topological polar surface area (TPSA) is 58.6 Å². The van der Waals surface area contributed by atoms with Gasteiger partial charge in [0.05, 0.1) is 30.8 Å². The van der Waals surface area contributed by atoms with Crippen LogP contribution in [0.4, 0.5) is 0 Å². The van der Waals surface area contributed by atoms with Gasteiger partial charge in [0.1, 0.15) is 0 Å². The number of carbonyl (C=O) groups excluding carboxylic acids is 2. The molecule has 1 unspecified atom stereocenters. The third-order valence-electron chi connectivity index (χ3n) is 3.75. The normalized spacial score (nSPS) is 16.2. The highest BCUT2D eigenvalue weighted by Gasteiger charge is 2.19. The molecule has 2 rings (SSSR count). The van der Waals surface area contributed by atoms with E-state index in [0.717, 1.165) is 6.42 Å². The Morgan fingerprint density at radius 1 is 1.33 bits per heavy atom. The van der Waals surface area contributed by atoms with Gasteiger partial charge < -0.3 is 15.0 Å². The van der Waals surface area contributed by atoms with Gasteiger partial charge in [0, 0.05) is 18.0 Å². The molecule has 0 aliphatic carbocycles. The molecule has 0 saturated carbocycles. The van der Waals surface area contributed by atoms with Gasteiger partial charge >= 0.3 is 0 Å². The van der Waals surface area contributed by atoms with Crippen LogP contribution in [-0.4, -0.2) is 54.5 Å². The van der Waals surface area contributed by atoms with E-state index in [0.29, 0.717) is 43.7 Å². The Labute approximate surface area is 152 Å². The van der Waals surface area contributed by atoms with Crippen LogP contribution in [0.15, 0.2) is 17.5 Å². The molecule has 1 saturated heterocycles. The second-order valence-corrected chi connectivity index (χ2v) is 8.22. The van der Waals surface area contributed by atoms with Gasteiger partial charge in [-0.05, 0) is 23.8 Å². The quantitative estimate of drug-likeness (QED) is 0.764. The van der Waals surface area contributed by atoms with Crippen LogP contribution in [0.5, 0.6) is 0 Å². The van der Waals surface area contributed by atoms with Gasteiger partial charge in [0.25, 0.3) is 0 Å². The molecule has 0 aromatic carbocycles. The lowest BCUT2D eigenvalue weighted by atomic mass is 10.0. The molecule has 1 N–H and O–H groups in total. The van der Waals surface area contributed by atoms with Crippen LogP contribution in [0.3, 0.4) is 0 Å². The third kappa shape index (κ3) is 6.45. The number of ether oxygens (including phenoxy) is 1. The van der Waals surface area contributed by atoms with Gasteiger partial charge in [-0.2, -0.15) is 0 Å². The van der Waals surface area contributed by atoms with Gasteiger partial charge in [-0.25, -0.2) is 0 Å². The van der Waals surface area contributed by atoms with Crippen LogP contribution in [0.25, 0.3) is 0 Å². The predicted molar refractivity (Wildman–Crippen MR) is 99.4 cm³/mol. The van der Waals surface area contributed by atoms with Crippen molar-refractivity contribution in [3.8, 4) is 0 Å². The summed E-state index contributed by atoms with van der Waals surface area (Å²) in [4.78, 5) is 27.3. The first-order valence-corrected chi connectivity index (χ1v) is 10.4. The van der Waals surface area contributed by atoms with Gasteiger partial charge in [-0.15, -0.1) is 23.1 Å². The van der Waals surface area contributed by atoms with Crippen molar-refractivity contribution in [2.75, 3.05) is 37.8 Å². The maximum Gasteiger partial charge on any atom is 0.232 e. The molecule has 24 heavy (non-hydrogen) atoms. The van der Waals surface area contributed by atoms with Crippen molar-refractivity contribution in [3.05, 3.63) is 22.4 Å². The maximum atomic E-state index is 12.2. The molecule has 2 heterocycles. The lowest BCUT2D eigenvalue weighted by Crippen LogP contribution is -2.41. The molecule has 1 aromatic heterocycles. The molecule has 1 aromatic rings. The Morgan fingerprint density at radius 2 is 2.08 bits per heavy atom. The van der Waals surface area contributed by atoms with Crippen molar-refractivity contribution in [1.82, 2.24) is 10.2 Å². The number of carbonyl (C=O) groups is 2. The fourth-order valence-corrected chi connectivity index (χ4v) is 4.10. The first-order valence-electron chi connectivity index (χ1n) is 8.32. The molecule has 1 atom stereocenters. The highest BCUT2D eigenvalue weighted by atomic mass is 32.2. The Kier molecular flexibility index (Phi) is 8.08. The number of hydrogen-bond acceptors (Lipinski definition) is 5. The number of thiophene rings is 1. The predicted octanol–water partition coefficient (Wildman–Crippen LogP) is 2.54. The number of amides is 2. The molecule has 7 heteroatoms. The van der Waals surface area contributed by atoms with E-state index in [1.54, 1.807) is 11.3 Å². The molecule has 1 fully saturated rings. The molecule has 0 bridgehead atoms. The first-order chi connectivity index (χ1) is 11.6. The summed E-state index contributed by atoms with van der Waals surface area (Å²) in [5, 5.41) is 5.14. The second-order valence-electron chi connectivity index (χ2n) is 6.25. The van der Waals surface area contributed by atoms with Crippen molar-refractivity contribution >= 4 is 34.9 Å². The van der Waals surface area contributed by atoms with Crippen LogP contribution >= 0.6 is 23.1 Å². The minimum absolute atomic E-state index is 0.00572. The van der Waals surface area contributed by atoms with E-state index in [1.807, 2.05) is 16.3 Å². The summed E-state index contributed by atoms with van der Waals surface area (Å²) in [6.07, 6.45) is 0.920. The second kappa shape index (κ2) is 10.1. The average molecular weight is 371 g/mol. The number of rotatable bonds is 8. The van der Waals surface area contributed by atoms with E-state index < -0.39 is 0 Å². The molecule has 1 aliphatic rings. The highest BCUT2D eigenvalue weighted by molar-refractivity contribution is 8.00. The Bertz CT molecular complexity index is 514. The number of thioether (sulfide) groups is 1. The summed E-state index contributed by atoms with van der Waals surface area (Å²) in [5.41, 5.74) is 0. The Hall–Kier alpha value is -1.05. The van der Waals surface area contributed by atoms with E-state index in [1.165, 1.54) is 16.6 Å². The molecule has 2 amide bonds.